The Morgan fingerprint density at radius 1 is 0.784 bits per heavy atom. The molecule has 0 saturated heterocycles. The summed E-state index contributed by atoms with van der Waals surface area (Å²) in [5.74, 6) is -1.02. The van der Waals surface area contributed by atoms with Gasteiger partial charge in [-0.25, -0.2) is 0 Å². The van der Waals surface area contributed by atoms with Crippen LogP contribution >= 0.6 is 7.82 Å². The first kappa shape index (κ1) is 36.0. The maximum Gasteiger partial charge on any atom is 0.305 e. The lowest BCUT2D eigenvalue weighted by Gasteiger charge is -2.28. The van der Waals surface area contributed by atoms with E-state index in [2.05, 4.69) is 6.92 Å². The SMILES string of the molecule is CCCCCCCCCCCCCCCCC(=O)OC[C@@H](COP(=O)([O-])OCC[N+](C)(C)C)OC(C)=O. The first-order chi connectivity index (χ1) is 17.4. The Bertz CT molecular complexity index is 638. The third-order valence-electron chi connectivity index (χ3n) is 5.93. The number of esters is 2. The van der Waals surface area contributed by atoms with Crippen LogP contribution in [0.4, 0.5) is 0 Å². The summed E-state index contributed by atoms with van der Waals surface area (Å²) >= 11 is 0. The zero-order chi connectivity index (χ0) is 28.0. The van der Waals surface area contributed by atoms with Crippen LogP contribution in [0.5, 0.6) is 0 Å². The number of rotatable bonds is 25. The molecule has 220 valence electrons. The highest BCUT2D eigenvalue weighted by atomic mass is 31.2. The number of carbonyl (C=O) groups excluding carboxylic acids is 2. The number of likely N-dealkylation sites (N-methyl/N-ethyl adjacent to an activating group) is 1. The summed E-state index contributed by atoms with van der Waals surface area (Å²) in [6.45, 7) is 3.14. The molecule has 0 aliphatic carbocycles. The van der Waals surface area contributed by atoms with Crippen LogP contribution in [0.25, 0.3) is 0 Å². The fourth-order valence-electron chi connectivity index (χ4n) is 3.71. The van der Waals surface area contributed by atoms with Crippen LogP contribution in [0, 0.1) is 0 Å². The van der Waals surface area contributed by atoms with Crippen LogP contribution in [0.2, 0.25) is 0 Å². The molecule has 0 rings (SSSR count). The molecule has 0 aromatic heterocycles. The van der Waals surface area contributed by atoms with E-state index in [1.54, 1.807) is 0 Å². The summed E-state index contributed by atoms with van der Waals surface area (Å²) in [6, 6.07) is 0. The summed E-state index contributed by atoms with van der Waals surface area (Å²) < 4.78 is 32.3. The van der Waals surface area contributed by atoms with Crippen LogP contribution in [0.15, 0.2) is 0 Å². The van der Waals surface area contributed by atoms with E-state index in [-0.39, 0.29) is 19.6 Å². The summed E-state index contributed by atoms with van der Waals surface area (Å²) in [5, 5.41) is 0. The molecule has 0 saturated carbocycles. The minimum Gasteiger partial charge on any atom is -0.756 e. The molecule has 10 heteroatoms. The van der Waals surface area contributed by atoms with Gasteiger partial charge in [-0.1, -0.05) is 90.4 Å². The number of phosphoric ester groups is 1. The van der Waals surface area contributed by atoms with Crippen molar-refractivity contribution < 1.29 is 42.1 Å². The molecule has 0 radical (unpaired) electrons. The molecule has 0 amide bonds. The van der Waals surface area contributed by atoms with Gasteiger partial charge < -0.3 is 27.9 Å². The lowest BCUT2D eigenvalue weighted by molar-refractivity contribution is -0.870. The van der Waals surface area contributed by atoms with E-state index in [0.29, 0.717) is 11.0 Å². The summed E-state index contributed by atoms with van der Waals surface area (Å²) in [6.07, 6.45) is 16.6. The molecular formula is C27H54NO8P. The van der Waals surface area contributed by atoms with Gasteiger partial charge in [-0.2, -0.15) is 0 Å². The second-order valence-corrected chi connectivity index (χ2v) is 12.3. The number of hydrogen-bond donors (Lipinski definition) is 0. The highest BCUT2D eigenvalue weighted by Crippen LogP contribution is 2.38. The smallest absolute Gasteiger partial charge is 0.305 e. The Morgan fingerprint density at radius 2 is 1.27 bits per heavy atom. The molecule has 2 atom stereocenters. The molecule has 0 aromatic rings. The number of phosphoric acid groups is 1. The molecule has 0 aliphatic heterocycles. The molecule has 0 N–H and O–H groups in total. The van der Waals surface area contributed by atoms with E-state index >= 15 is 0 Å². The number of quaternary nitrogens is 1. The standard InChI is InChI=1S/C27H54NO8P/c1-6-7-8-9-10-11-12-13-14-15-16-17-18-19-20-27(30)33-23-26(36-25(2)29)24-35-37(31,32)34-22-21-28(3,4)5/h26H,6-24H2,1-5H3/t26-/m0/s1. The van der Waals surface area contributed by atoms with E-state index in [9.17, 15) is 19.0 Å². The molecule has 1 unspecified atom stereocenters. The predicted molar refractivity (Wildman–Crippen MR) is 144 cm³/mol. The zero-order valence-electron chi connectivity index (χ0n) is 24.2. The van der Waals surface area contributed by atoms with Gasteiger partial charge in [0, 0.05) is 13.3 Å². The van der Waals surface area contributed by atoms with Crippen molar-refractivity contribution in [3.63, 3.8) is 0 Å². The number of ether oxygens (including phenoxy) is 2. The quantitative estimate of drug-likeness (QED) is 0.0629. The number of nitrogens with zero attached hydrogens (tertiary/aromatic N) is 1. The van der Waals surface area contributed by atoms with Gasteiger partial charge in [0.1, 0.15) is 19.8 Å². The third-order valence-corrected chi connectivity index (χ3v) is 6.89. The average Bonchev–Trinajstić information content (AvgIpc) is 2.79. The Kier molecular flexibility index (Phi) is 21.3. The van der Waals surface area contributed by atoms with Crippen molar-refractivity contribution in [2.24, 2.45) is 0 Å². The van der Waals surface area contributed by atoms with Gasteiger partial charge in [-0.3, -0.25) is 14.2 Å². The Balaban J connectivity index is 3.91. The normalized spacial score (nSPS) is 14.2. The highest BCUT2D eigenvalue weighted by Gasteiger charge is 2.20. The molecule has 0 aromatic carbocycles. The van der Waals surface area contributed by atoms with E-state index in [1.165, 1.54) is 77.6 Å². The van der Waals surface area contributed by atoms with Crippen molar-refractivity contribution in [2.75, 3.05) is 47.5 Å². The Morgan fingerprint density at radius 3 is 1.73 bits per heavy atom. The van der Waals surface area contributed by atoms with Gasteiger partial charge in [0.2, 0.25) is 0 Å². The monoisotopic (exact) mass is 551 g/mol. The molecule has 0 bridgehead atoms. The molecule has 0 spiro atoms. The maximum absolute atomic E-state index is 12.0. The predicted octanol–water partition coefficient (Wildman–Crippen LogP) is 5.54. The van der Waals surface area contributed by atoms with Crippen LogP contribution in [0.1, 0.15) is 110 Å². The van der Waals surface area contributed by atoms with Crippen molar-refractivity contribution >= 4 is 19.8 Å². The molecule has 0 fully saturated rings. The van der Waals surface area contributed by atoms with Crippen molar-refractivity contribution in [2.45, 2.75) is 116 Å². The summed E-state index contributed by atoms with van der Waals surface area (Å²) in [5.41, 5.74) is 0. The van der Waals surface area contributed by atoms with Crippen molar-refractivity contribution in [3.05, 3.63) is 0 Å². The molecule has 0 aliphatic rings. The summed E-state index contributed by atoms with van der Waals surface area (Å²) in [4.78, 5) is 35.3. The van der Waals surface area contributed by atoms with E-state index in [4.69, 9.17) is 18.5 Å². The van der Waals surface area contributed by atoms with Crippen molar-refractivity contribution in [3.8, 4) is 0 Å². The molecule has 37 heavy (non-hydrogen) atoms. The van der Waals surface area contributed by atoms with Crippen molar-refractivity contribution in [1.29, 1.82) is 0 Å². The zero-order valence-corrected chi connectivity index (χ0v) is 25.1. The Hall–Kier alpha value is -0.990. The van der Waals surface area contributed by atoms with Crippen LogP contribution < -0.4 is 4.89 Å². The average molecular weight is 552 g/mol. The number of hydrogen-bond acceptors (Lipinski definition) is 8. The molecule has 0 heterocycles. The second-order valence-electron chi connectivity index (χ2n) is 10.9. The maximum atomic E-state index is 12.0. The van der Waals surface area contributed by atoms with Crippen LogP contribution in [-0.2, 0) is 32.7 Å². The van der Waals surface area contributed by atoms with Gasteiger partial charge >= 0.3 is 11.9 Å². The minimum atomic E-state index is -4.56. The lowest BCUT2D eigenvalue weighted by Crippen LogP contribution is -2.37. The van der Waals surface area contributed by atoms with Gasteiger partial charge in [0.05, 0.1) is 27.7 Å². The van der Waals surface area contributed by atoms with E-state index in [0.717, 1.165) is 19.3 Å². The molecular weight excluding hydrogens is 497 g/mol. The van der Waals surface area contributed by atoms with Gasteiger partial charge in [0.25, 0.3) is 7.82 Å². The third kappa shape index (κ3) is 26.4. The van der Waals surface area contributed by atoms with E-state index < -0.39 is 32.5 Å². The van der Waals surface area contributed by atoms with Gasteiger partial charge in [-0.05, 0) is 6.42 Å². The van der Waals surface area contributed by atoms with Crippen molar-refractivity contribution in [1.82, 2.24) is 0 Å². The minimum absolute atomic E-state index is 0.0311. The van der Waals surface area contributed by atoms with Crippen LogP contribution in [0.3, 0.4) is 0 Å². The summed E-state index contributed by atoms with van der Waals surface area (Å²) in [7, 11) is 1.16. The van der Waals surface area contributed by atoms with E-state index in [1.807, 2.05) is 21.1 Å². The Labute approximate surface area is 225 Å². The second kappa shape index (κ2) is 21.9. The van der Waals surface area contributed by atoms with Gasteiger partial charge in [0.15, 0.2) is 6.10 Å². The first-order valence-corrected chi connectivity index (χ1v) is 15.6. The number of unbranched alkanes of at least 4 members (excludes halogenated alkanes) is 13. The number of carbonyl (C=O) groups is 2. The largest absolute Gasteiger partial charge is 0.756 e. The lowest BCUT2D eigenvalue weighted by atomic mass is 10.0. The fourth-order valence-corrected chi connectivity index (χ4v) is 4.44. The first-order valence-electron chi connectivity index (χ1n) is 14.2. The topological polar surface area (TPSA) is 111 Å². The van der Waals surface area contributed by atoms with Gasteiger partial charge in [-0.15, -0.1) is 0 Å². The van der Waals surface area contributed by atoms with Crippen LogP contribution in [-0.4, -0.2) is 70.0 Å². The highest BCUT2D eigenvalue weighted by molar-refractivity contribution is 7.45. The molecule has 9 nitrogen and oxygen atoms in total. The fraction of sp³-hybridized carbons (Fsp3) is 0.926.